The van der Waals surface area contributed by atoms with Crippen molar-refractivity contribution in [3.05, 3.63) is 42.6 Å². The quantitative estimate of drug-likeness (QED) is 0.683. The van der Waals surface area contributed by atoms with Crippen LogP contribution in [-0.2, 0) is 9.84 Å². The number of aromatic nitrogens is 1. The maximum atomic E-state index is 13.4. The summed E-state index contributed by atoms with van der Waals surface area (Å²) < 4.78 is 37.6. The predicted octanol–water partition coefficient (Wildman–Crippen LogP) is 2.43. The molecule has 2 N–H and O–H groups in total. The van der Waals surface area contributed by atoms with Gasteiger partial charge in [-0.1, -0.05) is 0 Å². The number of fused-ring (bicyclic) bond motifs is 1. The summed E-state index contributed by atoms with van der Waals surface area (Å²) in [5.74, 6) is 1.28. The van der Waals surface area contributed by atoms with E-state index in [1.807, 2.05) is 6.07 Å². The molecule has 8 heteroatoms. The first-order chi connectivity index (χ1) is 13.5. The highest BCUT2D eigenvalue weighted by Gasteiger charge is 2.25. The molecule has 2 heterocycles. The number of sulfone groups is 1. The summed E-state index contributed by atoms with van der Waals surface area (Å²) in [6.07, 6.45) is 1.54. The molecule has 0 atom stereocenters. The van der Waals surface area contributed by atoms with E-state index in [2.05, 4.69) is 15.2 Å². The molecule has 0 saturated carbocycles. The first-order valence-corrected chi connectivity index (χ1v) is 10.6. The number of anilines is 1. The fourth-order valence-corrected chi connectivity index (χ4v) is 4.98. The second-order valence-electron chi connectivity index (χ2n) is 6.64. The fourth-order valence-electron chi connectivity index (χ4n) is 3.54. The van der Waals surface area contributed by atoms with Crippen molar-refractivity contribution in [2.24, 2.45) is 0 Å². The lowest BCUT2D eigenvalue weighted by atomic mass is 10.2. The van der Waals surface area contributed by atoms with Crippen LogP contribution in [0.15, 0.2) is 52.4 Å². The Bertz CT molecular complexity index is 1100. The van der Waals surface area contributed by atoms with Crippen molar-refractivity contribution in [3.8, 4) is 11.5 Å². The molecule has 7 nitrogen and oxygen atoms in total. The van der Waals surface area contributed by atoms with E-state index in [0.29, 0.717) is 16.9 Å². The lowest BCUT2D eigenvalue weighted by Crippen LogP contribution is -2.43. The van der Waals surface area contributed by atoms with Crippen molar-refractivity contribution in [2.45, 2.75) is 9.79 Å². The van der Waals surface area contributed by atoms with Gasteiger partial charge in [0.25, 0.3) is 0 Å². The summed E-state index contributed by atoms with van der Waals surface area (Å²) in [6.45, 7) is 3.29. The Balaban J connectivity index is 1.81. The van der Waals surface area contributed by atoms with Crippen LogP contribution in [0.1, 0.15) is 0 Å². The van der Waals surface area contributed by atoms with Gasteiger partial charge in [0, 0.05) is 43.3 Å². The zero-order valence-corrected chi connectivity index (χ0v) is 16.7. The Morgan fingerprint density at radius 2 is 1.79 bits per heavy atom. The first kappa shape index (κ1) is 18.6. The topological polar surface area (TPSA) is 83.7 Å². The molecule has 1 fully saturated rings. The molecule has 28 heavy (non-hydrogen) atoms. The van der Waals surface area contributed by atoms with Gasteiger partial charge in [0.15, 0.2) is 0 Å². The molecule has 0 spiro atoms. The molecule has 1 aromatic heterocycles. The molecule has 0 amide bonds. The lowest BCUT2D eigenvalue weighted by molar-refractivity contribution is 0.412. The van der Waals surface area contributed by atoms with E-state index in [9.17, 15) is 8.42 Å². The summed E-state index contributed by atoms with van der Waals surface area (Å²) in [4.78, 5) is 5.66. The number of nitrogens with one attached hydrogen (secondary N) is 2. The summed E-state index contributed by atoms with van der Waals surface area (Å²) in [5.41, 5.74) is 1.54. The minimum Gasteiger partial charge on any atom is -0.497 e. The number of benzene rings is 2. The van der Waals surface area contributed by atoms with Crippen molar-refractivity contribution < 1.29 is 17.9 Å². The van der Waals surface area contributed by atoms with Crippen LogP contribution in [0.2, 0.25) is 0 Å². The maximum Gasteiger partial charge on any atom is 0.208 e. The summed E-state index contributed by atoms with van der Waals surface area (Å²) in [5, 5.41) is 3.91. The van der Waals surface area contributed by atoms with E-state index in [4.69, 9.17) is 9.47 Å². The van der Waals surface area contributed by atoms with Gasteiger partial charge in [0.05, 0.1) is 29.7 Å². The summed E-state index contributed by atoms with van der Waals surface area (Å²) in [6, 6.07) is 10.4. The summed E-state index contributed by atoms with van der Waals surface area (Å²) >= 11 is 0. The molecule has 148 valence electrons. The van der Waals surface area contributed by atoms with Crippen LogP contribution in [0, 0.1) is 0 Å². The maximum absolute atomic E-state index is 13.4. The molecule has 1 aliphatic rings. The number of hydrogen-bond donors (Lipinski definition) is 2. The van der Waals surface area contributed by atoms with Gasteiger partial charge in [-0.3, -0.25) is 0 Å². The number of hydrogen-bond acceptors (Lipinski definition) is 6. The number of aromatic amines is 1. The van der Waals surface area contributed by atoms with Crippen LogP contribution in [-0.4, -0.2) is 53.8 Å². The number of piperazine rings is 1. The Morgan fingerprint density at radius 1 is 1.00 bits per heavy atom. The molecule has 0 unspecified atom stereocenters. The number of H-pyrrole nitrogens is 1. The SMILES string of the molecule is COc1ccc2[nH]cc(S(=O)(=O)c3ccc(OC)c(N4CCNCC4)c3)c2c1. The Morgan fingerprint density at radius 3 is 2.50 bits per heavy atom. The molecule has 2 aromatic carbocycles. The number of rotatable bonds is 5. The van der Waals surface area contributed by atoms with Gasteiger partial charge in [-0.05, 0) is 36.4 Å². The third kappa shape index (κ3) is 3.18. The van der Waals surface area contributed by atoms with Gasteiger partial charge < -0.3 is 24.7 Å². The van der Waals surface area contributed by atoms with Crippen molar-refractivity contribution in [2.75, 3.05) is 45.3 Å². The molecular formula is C20H23N3O4S. The third-order valence-corrected chi connectivity index (χ3v) is 6.85. The molecule has 0 aliphatic carbocycles. The second kappa shape index (κ2) is 7.37. The zero-order chi connectivity index (χ0) is 19.7. The van der Waals surface area contributed by atoms with E-state index in [1.165, 1.54) is 6.20 Å². The fraction of sp³-hybridized carbons (Fsp3) is 0.300. The highest BCUT2D eigenvalue weighted by atomic mass is 32.2. The number of nitrogens with zero attached hydrogens (tertiary/aromatic N) is 1. The van der Waals surface area contributed by atoms with Crippen LogP contribution < -0.4 is 19.7 Å². The van der Waals surface area contributed by atoms with Crippen LogP contribution in [0.3, 0.4) is 0 Å². The minimum atomic E-state index is -3.72. The first-order valence-electron chi connectivity index (χ1n) is 9.08. The molecule has 4 rings (SSSR count). The molecule has 0 bridgehead atoms. The Kier molecular flexibility index (Phi) is 4.91. The zero-order valence-electron chi connectivity index (χ0n) is 15.9. The molecule has 0 radical (unpaired) electrons. The van der Waals surface area contributed by atoms with Crippen molar-refractivity contribution in [1.29, 1.82) is 0 Å². The monoisotopic (exact) mass is 401 g/mol. The van der Waals surface area contributed by atoms with Crippen molar-refractivity contribution >= 4 is 26.4 Å². The van der Waals surface area contributed by atoms with Crippen LogP contribution in [0.5, 0.6) is 11.5 Å². The smallest absolute Gasteiger partial charge is 0.208 e. The van der Waals surface area contributed by atoms with Crippen LogP contribution in [0.25, 0.3) is 10.9 Å². The van der Waals surface area contributed by atoms with Gasteiger partial charge in [-0.15, -0.1) is 0 Å². The van der Waals surface area contributed by atoms with Gasteiger partial charge in [0.1, 0.15) is 11.5 Å². The third-order valence-electron chi connectivity index (χ3n) is 5.06. The van der Waals surface area contributed by atoms with Crippen LogP contribution in [0.4, 0.5) is 5.69 Å². The Labute approximate surface area is 164 Å². The lowest BCUT2D eigenvalue weighted by Gasteiger charge is -2.30. The van der Waals surface area contributed by atoms with E-state index < -0.39 is 9.84 Å². The van der Waals surface area contributed by atoms with E-state index in [0.717, 1.165) is 37.4 Å². The second-order valence-corrected chi connectivity index (χ2v) is 8.56. The predicted molar refractivity (Wildman–Crippen MR) is 108 cm³/mol. The van der Waals surface area contributed by atoms with Crippen molar-refractivity contribution in [3.63, 3.8) is 0 Å². The normalized spacial score (nSPS) is 15.0. The summed E-state index contributed by atoms with van der Waals surface area (Å²) in [7, 11) is -0.559. The van der Waals surface area contributed by atoms with Gasteiger partial charge in [0.2, 0.25) is 9.84 Å². The molecule has 1 saturated heterocycles. The standard InChI is InChI=1S/C20H23N3O4S/c1-26-14-3-5-17-16(11-14)20(13-22-17)28(24,25)15-4-6-19(27-2)18(12-15)23-9-7-21-8-10-23/h3-6,11-13,21-22H,7-10H2,1-2H3. The number of ether oxygens (including phenoxy) is 2. The van der Waals surface area contributed by atoms with Crippen LogP contribution >= 0.6 is 0 Å². The minimum absolute atomic E-state index is 0.234. The van der Waals surface area contributed by atoms with Gasteiger partial charge in [-0.2, -0.15) is 0 Å². The Hall–Kier alpha value is -2.71. The largest absolute Gasteiger partial charge is 0.497 e. The average Bonchev–Trinajstić information content (AvgIpc) is 3.17. The van der Waals surface area contributed by atoms with Gasteiger partial charge >= 0.3 is 0 Å². The van der Waals surface area contributed by atoms with Gasteiger partial charge in [-0.25, -0.2) is 8.42 Å². The average molecular weight is 401 g/mol. The highest BCUT2D eigenvalue weighted by Crippen LogP contribution is 2.35. The van der Waals surface area contributed by atoms with E-state index >= 15 is 0 Å². The number of methoxy groups -OCH3 is 2. The molecule has 3 aromatic rings. The van der Waals surface area contributed by atoms with Crippen molar-refractivity contribution in [1.82, 2.24) is 10.3 Å². The van der Waals surface area contributed by atoms with E-state index in [-0.39, 0.29) is 9.79 Å². The highest BCUT2D eigenvalue weighted by molar-refractivity contribution is 7.91. The molecule has 1 aliphatic heterocycles. The molecular weight excluding hydrogens is 378 g/mol. The van der Waals surface area contributed by atoms with E-state index in [1.54, 1.807) is 44.6 Å².